The molecular formula is C15H21N3OS2. The highest BCUT2D eigenvalue weighted by Crippen LogP contribution is 2.37. The van der Waals surface area contributed by atoms with Crippen LogP contribution in [0.5, 0.6) is 0 Å². The number of nitrogens with zero attached hydrogens (tertiary/aromatic N) is 1. The molecule has 0 radical (unpaired) electrons. The summed E-state index contributed by atoms with van der Waals surface area (Å²) in [5.74, 6) is 0.734. The summed E-state index contributed by atoms with van der Waals surface area (Å²) in [5.41, 5.74) is 0.779. The lowest BCUT2D eigenvalue weighted by Gasteiger charge is -2.36. The van der Waals surface area contributed by atoms with Crippen LogP contribution in [-0.2, 0) is 6.54 Å². The van der Waals surface area contributed by atoms with Crippen LogP contribution in [0.25, 0.3) is 10.2 Å². The molecule has 2 aromatic rings. The van der Waals surface area contributed by atoms with Gasteiger partial charge in [0.25, 0.3) is 5.56 Å². The van der Waals surface area contributed by atoms with Gasteiger partial charge in [-0.3, -0.25) is 4.79 Å². The third kappa shape index (κ3) is 3.33. The Bertz CT molecular complexity index is 658. The fourth-order valence-corrected chi connectivity index (χ4v) is 4.73. The first kappa shape index (κ1) is 15.1. The first-order valence-corrected chi connectivity index (χ1v) is 9.55. The van der Waals surface area contributed by atoms with Crippen molar-refractivity contribution in [3.63, 3.8) is 0 Å². The first-order chi connectivity index (χ1) is 10.2. The smallest absolute Gasteiger partial charge is 0.268 e. The minimum atomic E-state index is -0.0240. The second-order valence-electron chi connectivity index (χ2n) is 5.70. The lowest BCUT2D eigenvalue weighted by atomic mass is 9.88. The van der Waals surface area contributed by atoms with Crippen molar-refractivity contribution in [3.8, 4) is 0 Å². The molecule has 4 nitrogen and oxygen atoms in total. The van der Waals surface area contributed by atoms with Crippen LogP contribution in [0.2, 0.25) is 0 Å². The van der Waals surface area contributed by atoms with E-state index in [2.05, 4.69) is 21.5 Å². The summed E-state index contributed by atoms with van der Waals surface area (Å²) in [4.78, 5) is 19.3. The SMILES string of the molecule is CSC1(CNCc2nc3ccsc3c(=O)[nH]2)CCCCC1. The Balaban J connectivity index is 1.64. The van der Waals surface area contributed by atoms with Crippen LogP contribution in [0.4, 0.5) is 0 Å². The Hall–Kier alpha value is -0.850. The van der Waals surface area contributed by atoms with Gasteiger partial charge in [-0.1, -0.05) is 19.3 Å². The number of nitrogens with one attached hydrogen (secondary N) is 2. The zero-order chi connectivity index (χ0) is 14.7. The number of rotatable bonds is 5. The fourth-order valence-electron chi connectivity index (χ4n) is 3.06. The maximum Gasteiger partial charge on any atom is 0.268 e. The van der Waals surface area contributed by atoms with Crippen molar-refractivity contribution < 1.29 is 0 Å². The summed E-state index contributed by atoms with van der Waals surface area (Å²) >= 11 is 3.42. The average Bonchev–Trinajstić information content (AvgIpc) is 2.97. The van der Waals surface area contributed by atoms with E-state index in [0.29, 0.717) is 16.0 Å². The van der Waals surface area contributed by atoms with E-state index in [1.54, 1.807) is 0 Å². The molecule has 0 atom stereocenters. The molecule has 3 rings (SSSR count). The molecule has 21 heavy (non-hydrogen) atoms. The number of thioether (sulfide) groups is 1. The van der Waals surface area contributed by atoms with Crippen molar-refractivity contribution in [2.45, 2.75) is 43.4 Å². The predicted molar refractivity (Wildman–Crippen MR) is 91.3 cm³/mol. The van der Waals surface area contributed by atoms with Gasteiger partial charge in [0.15, 0.2) is 0 Å². The Kier molecular flexibility index (Phi) is 4.66. The minimum absolute atomic E-state index is 0.0240. The van der Waals surface area contributed by atoms with Gasteiger partial charge in [0.2, 0.25) is 0 Å². The highest BCUT2D eigenvalue weighted by atomic mass is 32.2. The van der Waals surface area contributed by atoms with Gasteiger partial charge in [-0.15, -0.1) is 11.3 Å². The summed E-state index contributed by atoms with van der Waals surface area (Å²) in [5, 5.41) is 5.41. The summed E-state index contributed by atoms with van der Waals surface area (Å²) < 4.78 is 1.08. The number of fused-ring (bicyclic) bond motifs is 1. The second kappa shape index (κ2) is 6.50. The third-order valence-corrected chi connectivity index (χ3v) is 6.62. The normalized spacial score (nSPS) is 18.1. The van der Waals surface area contributed by atoms with Gasteiger partial charge in [-0.05, 0) is 30.5 Å². The molecule has 0 bridgehead atoms. The van der Waals surface area contributed by atoms with Gasteiger partial charge in [0, 0.05) is 11.3 Å². The van der Waals surface area contributed by atoms with E-state index in [1.165, 1.54) is 43.4 Å². The molecule has 0 spiro atoms. The molecule has 2 heterocycles. The minimum Gasteiger partial charge on any atom is -0.309 e. The topological polar surface area (TPSA) is 57.8 Å². The predicted octanol–water partition coefficient (Wildman–Crippen LogP) is 3.14. The van der Waals surface area contributed by atoms with E-state index in [1.807, 2.05) is 23.2 Å². The van der Waals surface area contributed by atoms with E-state index in [0.717, 1.165) is 17.9 Å². The van der Waals surface area contributed by atoms with E-state index >= 15 is 0 Å². The van der Waals surface area contributed by atoms with Crippen molar-refractivity contribution in [1.29, 1.82) is 0 Å². The van der Waals surface area contributed by atoms with Crippen molar-refractivity contribution in [2.24, 2.45) is 0 Å². The third-order valence-electron chi connectivity index (χ3n) is 4.30. The number of aromatic nitrogens is 2. The van der Waals surface area contributed by atoms with Crippen LogP contribution in [0.1, 0.15) is 37.9 Å². The van der Waals surface area contributed by atoms with Gasteiger partial charge >= 0.3 is 0 Å². The zero-order valence-corrected chi connectivity index (χ0v) is 13.9. The number of hydrogen-bond acceptors (Lipinski definition) is 5. The van der Waals surface area contributed by atoms with Gasteiger partial charge in [0.05, 0.1) is 12.1 Å². The monoisotopic (exact) mass is 323 g/mol. The highest BCUT2D eigenvalue weighted by molar-refractivity contribution is 8.00. The molecular weight excluding hydrogens is 302 g/mol. The maximum atomic E-state index is 11.9. The van der Waals surface area contributed by atoms with Crippen molar-refractivity contribution in [3.05, 3.63) is 27.6 Å². The lowest BCUT2D eigenvalue weighted by Crippen LogP contribution is -2.39. The van der Waals surface area contributed by atoms with Crippen molar-refractivity contribution in [1.82, 2.24) is 15.3 Å². The van der Waals surface area contributed by atoms with E-state index in [4.69, 9.17) is 0 Å². The van der Waals surface area contributed by atoms with Gasteiger partial charge in [0.1, 0.15) is 10.5 Å². The molecule has 0 saturated heterocycles. The standard InChI is InChI=1S/C15H21N3OS2/c1-20-15(6-3-2-4-7-15)10-16-9-12-17-11-5-8-21-13(11)14(19)18-12/h5,8,16H,2-4,6-7,9-10H2,1H3,(H,17,18,19). The highest BCUT2D eigenvalue weighted by Gasteiger charge is 2.30. The van der Waals surface area contributed by atoms with Crippen molar-refractivity contribution >= 4 is 33.3 Å². The largest absolute Gasteiger partial charge is 0.309 e. The number of H-pyrrole nitrogens is 1. The number of hydrogen-bond donors (Lipinski definition) is 2. The quantitative estimate of drug-likeness (QED) is 0.887. The molecule has 1 saturated carbocycles. The summed E-state index contributed by atoms with van der Waals surface area (Å²) in [6, 6.07) is 1.91. The second-order valence-corrected chi connectivity index (χ2v) is 7.89. The van der Waals surface area contributed by atoms with E-state index in [-0.39, 0.29) is 5.56 Å². The van der Waals surface area contributed by atoms with Gasteiger partial charge < -0.3 is 10.3 Å². The average molecular weight is 323 g/mol. The molecule has 0 aliphatic heterocycles. The van der Waals surface area contributed by atoms with Crippen LogP contribution >= 0.6 is 23.1 Å². The van der Waals surface area contributed by atoms with Gasteiger partial charge in [-0.2, -0.15) is 11.8 Å². The number of thiophene rings is 1. The van der Waals surface area contributed by atoms with Crippen LogP contribution in [0.15, 0.2) is 16.2 Å². The lowest BCUT2D eigenvalue weighted by molar-refractivity contribution is 0.378. The zero-order valence-electron chi connectivity index (χ0n) is 12.3. The molecule has 0 aromatic carbocycles. The molecule has 1 aliphatic rings. The fraction of sp³-hybridized carbons (Fsp3) is 0.600. The summed E-state index contributed by atoms with van der Waals surface area (Å²) in [6.45, 7) is 1.61. The molecule has 114 valence electrons. The molecule has 2 N–H and O–H groups in total. The maximum absolute atomic E-state index is 11.9. The van der Waals surface area contributed by atoms with E-state index in [9.17, 15) is 4.79 Å². The Morgan fingerprint density at radius 2 is 2.24 bits per heavy atom. The first-order valence-electron chi connectivity index (χ1n) is 7.45. The van der Waals surface area contributed by atoms with Crippen molar-refractivity contribution in [2.75, 3.05) is 12.8 Å². The molecule has 0 unspecified atom stereocenters. The molecule has 6 heteroatoms. The molecule has 2 aromatic heterocycles. The molecule has 1 aliphatic carbocycles. The summed E-state index contributed by atoms with van der Waals surface area (Å²) in [7, 11) is 0. The van der Waals surface area contributed by atoms with Crippen LogP contribution in [0.3, 0.4) is 0 Å². The van der Waals surface area contributed by atoms with E-state index < -0.39 is 0 Å². The van der Waals surface area contributed by atoms with Gasteiger partial charge in [-0.25, -0.2) is 4.98 Å². The number of aromatic amines is 1. The molecule has 1 fully saturated rings. The summed E-state index contributed by atoms with van der Waals surface area (Å²) in [6.07, 6.45) is 8.82. The Morgan fingerprint density at radius 1 is 1.43 bits per heavy atom. The molecule has 0 amide bonds. The van der Waals surface area contributed by atoms with Crippen LogP contribution < -0.4 is 10.9 Å². The van der Waals surface area contributed by atoms with Crippen LogP contribution in [0, 0.1) is 0 Å². The Morgan fingerprint density at radius 3 is 3.00 bits per heavy atom. The van der Waals surface area contributed by atoms with Crippen LogP contribution in [-0.4, -0.2) is 27.5 Å². The Labute approximate surface area is 132 Å².